The molecular weight excluding hydrogens is 316 g/mol. The number of hydrogen-bond acceptors (Lipinski definition) is 2. The van der Waals surface area contributed by atoms with Gasteiger partial charge in [0.25, 0.3) is 0 Å². The van der Waals surface area contributed by atoms with Gasteiger partial charge in [0.2, 0.25) is 5.91 Å². The highest BCUT2D eigenvalue weighted by molar-refractivity contribution is 9.10. The van der Waals surface area contributed by atoms with Crippen LogP contribution < -0.4 is 5.73 Å². The molecule has 5 heteroatoms. The predicted octanol–water partition coefficient (Wildman–Crippen LogP) is 2.36. The summed E-state index contributed by atoms with van der Waals surface area (Å²) in [6, 6.07) is 8.20. The quantitative estimate of drug-likeness (QED) is 0.923. The first kappa shape index (κ1) is 15.5. The van der Waals surface area contributed by atoms with Gasteiger partial charge < -0.3 is 10.6 Å². The van der Waals surface area contributed by atoms with Gasteiger partial charge in [0.15, 0.2) is 0 Å². The van der Waals surface area contributed by atoms with Crippen molar-refractivity contribution in [3.05, 3.63) is 34.3 Å². The van der Waals surface area contributed by atoms with Crippen LogP contribution in [-0.4, -0.2) is 29.9 Å². The van der Waals surface area contributed by atoms with E-state index in [0.29, 0.717) is 6.42 Å². The van der Waals surface area contributed by atoms with Crippen LogP contribution in [0.5, 0.6) is 0 Å². The molecule has 1 heterocycles. The van der Waals surface area contributed by atoms with E-state index in [4.69, 9.17) is 5.73 Å². The number of benzene rings is 1. The molecule has 3 nitrogen and oxygen atoms in total. The van der Waals surface area contributed by atoms with Crippen molar-refractivity contribution in [1.82, 2.24) is 4.90 Å². The van der Waals surface area contributed by atoms with Gasteiger partial charge in [-0.05, 0) is 24.5 Å². The van der Waals surface area contributed by atoms with Gasteiger partial charge in [0, 0.05) is 30.0 Å². The number of hydrogen-bond donors (Lipinski definition) is 1. The van der Waals surface area contributed by atoms with Gasteiger partial charge in [0.05, 0.1) is 0 Å². The summed E-state index contributed by atoms with van der Waals surface area (Å²) in [7, 11) is 0. The minimum Gasteiger partial charge on any atom is -0.341 e. The summed E-state index contributed by atoms with van der Waals surface area (Å²) in [5, 5.41) is 0. The van der Waals surface area contributed by atoms with Gasteiger partial charge in [-0.3, -0.25) is 4.79 Å². The van der Waals surface area contributed by atoms with Crippen LogP contribution in [0, 0.1) is 0 Å². The molecular formula is C13H18BrClN2O. The lowest BCUT2D eigenvalue weighted by Crippen LogP contribution is -2.31. The molecule has 0 spiro atoms. The van der Waals surface area contributed by atoms with E-state index >= 15 is 0 Å². The Bertz CT molecular complexity index is 414. The third kappa shape index (κ3) is 3.97. The minimum atomic E-state index is 0. The Morgan fingerprint density at radius 2 is 2.17 bits per heavy atom. The molecule has 1 aromatic carbocycles. The summed E-state index contributed by atoms with van der Waals surface area (Å²) in [6.45, 7) is 1.53. The molecule has 2 rings (SSSR count). The lowest BCUT2D eigenvalue weighted by atomic mass is 10.1. The van der Waals surface area contributed by atoms with Crippen LogP contribution in [-0.2, 0) is 11.2 Å². The van der Waals surface area contributed by atoms with E-state index in [2.05, 4.69) is 15.9 Å². The van der Waals surface area contributed by atoms with Crippen molar-refractivity contribution in [2.45, 2.75) is 25.3 Å². The molecule has 0 saturated carbocycles. The second-order valence-electron chi connectivity index (χ2n) is 4.48. The van der Waals surface area contributed by atoms with Gasteiger partial charge in [-0.1, -0.05) is 34.1 Å². The van der Waals surface area contributed by atoms with Crippen LogP contribution in [0.4, 0.5) is 0 Å². The van der Waals surface area contributed by atoms with Crippen LogP contribution in [0.15, 0.2) is 28.7 Å². The van der Waals surface area contributed by atoms with Crippen molar-refractivity contribution in [3.63, 3.8) is 0 Å². The van der Waals surface area contributed by atoms with E-state index in [1.54, 1.807) is 0 Å². The smallest absolute Gasteiger partial charge is 0.222 e. The predicted molar refractivity (Wildman–Crippen MR) is 78.9 cm³/mol. The lowest BCUT2D eigenvalue weighted by molar-refractivity contribution is -0.130. The monoisotopic (exact) mass is 332 g/mol. The van der Waals surface area contributed by atoms with E-state index in [1.165, 1.54) is 5.56 Å². The van der Waals surface area contributed by atoms with Gasteiger partial charge in [0.1, 0.15) is 0 Å². The fourth-order valence-corrected chi connectivity index (χ4v) is 2.60. The van der Waals surface area contributed by atoms with Crippen LogP contribution in [0.3, 0.4) is 0 Å². The van der Waals surface area contributed by atoms with Gasteiger partial charge in [-0.25, -0.2) is 0 Å². The van der Waals surface area contributed by atoms with Crippen molar-refractivity contribution < 1.29 is 4.79 Å². The summed E-state index contributed by atoms with van der Waals surface area (Å²) in [6.07, 6.45) is 2.28. The summed E-state index contributed by atoms with van der Waals surface area (Å²) in [5.41, 5.74) is 6.98. The Kier molecular flexibility index (Phi) is 6.12. The number of aryl methyl sites for hydroxylation is 1. The molecule has 0 aliphatic carbocycles. The van der Waals surface area contributed by atoms with Gasteiger partial charge >= 0.3 is 0 Å². The fourth-order valence-electron chi connectivity index (χ4n) is 2.11. The molecule has 0 aromatic heterocycles. The summed E-state index contributed by atoms with van der Waals surface area (Å²) < 4.78 is 1.07. The third-order valence-electron chi connectivity index (χ3n) is 3.14. The molecule has 1 aliphatic heterocycles. The van der Waals surface area contributed by atoms with Crippen molar-refractivity contribution in [3.8, 4) is 0 Å². The van der Waals surface area contributed by atoms with Crippen molar-refractivity contribution in [2.24, 2.45) is 5.73 Å². The average molecular weight is 334 g/mol. The van der Waals surface area contributed by atoms with E-state index in [9.17, 15) is 4.79 Å². The van der Waals surface area contributed by atoms with E-state index < -0.39 is 0 Å². The number of amides is 1. The number of nitrogens with two attached hydrogens (primary N) is 1. The summed E-state index contributed by atoms with van der Waals surface area (Å²) in [5.74, 6) is 0.216. The highest BCUT2D eigenvalue weighted by atomic mass is 79.9. The second kappa shape index (κ2) is 7.12. The molecule has 0 unspecified atom stereocenters. The molecule has 1 saturated heterocycles. The normalized spacial score (nSPS) is 18.6. The molecule has 1 amide bonds. The SMILES string of the molecule is Cl.N[C@@H]1CCN(C(=O)CCc2ccccc2Br)C1. The Morgan fingerprint density at radius 1 is 1.44 bits per heavy atom. The van der Waals surface area contributed by atoms with Gasteiger partial charge in [-0.2, -0.15) is 0 Å². The van der Waals surface area contributed by atoms with Crippen LogP contribution >= 0.6 is 28.3 Å². The number of carbonyl (C=O) groups is 1. The van der Waals surface area contributed by atoms with Crippen molar-refractivity contribution in [2.75, 3.05) is 13.1 Å². The maximum absolute atomic E-state index is 11.9. The zero-order valence-electron chi connectivity index (χ0n) is 10.1. The fraction of sp³-hybridized carbons (Fsp3) is 0.462. The number of carbonyl (C=O) groups excluding carboxylic acids is 1. The highest BCUT2D eigenvalue weighted by Gasteiger charge is 2.23. The van der Waals surface area contributed by atoms with E-state index in [0.717, 1.165) is 30.4 Å². The van der Waals surface area contributed by atoms with E-state index in [-0.39, 0.29) is 24.4 Å². The Labute approximate surface area is 122 Å². The number of nitrogens with zero attached hydrogens (tertiary/aromatic N) is 1. The molecule has 2 N–H and O–H groups in total. The standard InChI is InChI=1S/C13H17BrN2O.ClH/c14-12-4-2-1-3-10(12)5-6-13(17)16-8-7-11(15)9-16;/h1-4,11H,5-9,15H2;1H/t11-;/m1./s1. The molecule has 0 radical (unpaired) electrons. The second-order valence-corrected chi connectivity index (χ2v) is 5.33. The highest BCUT2D eigenvalue weighted by Crippen LogP contribution is 2.18. The Hall–Kier alpha value is -0.580. The average Bonchev–Trinajstić information content (AvgIpc) is 2.74. The first-order valence-electron chi connectivity index (χ1n) is 5.93. The van der Waals surface area contributed by atoms with Crippen molar-refractivity contribution >= 4 is 34.2 Å². The van der Waals surface area contributed by atoms with Crippen LogP contribution in [0.1, 0.15) is 18.4 Å². The van der Waals surface area contributed by atoms with Crippen LogP contribution in [0.2, 0.25) is 0 Å². The Morgan fingerprint density at radius 3 is 2.78 bits per heavy atom. The first-order valence-corrected chi connectivity index (χ1v) is 6.73. The molecule has 18 heavy (non-hydrogen) atoms. The largest absolute Gasteiger partial charge is 0.341 e. The maximum Gasteiger partial charge on any atom is 0.222 e. The van der Waals surface area contributed by atoms with Crippen molar-refractivity contribution in [1.29, 1.82) is 0 Å². The topological polar surface area (TPSA) is 46.3 Å². The third-order valence-corrected chi connectivity index (χ3v) is 3.92. The number of halogens is 2. The molecule has 100 valence electrons. The molecule has 1 atom stereocenters. The molecule has 1 fully saturated rings. The molecule has 0 bridgehead atoms. The first-order chi connectivity index (χ1) is 8.16. The minimum absolute atomic E-state index is 0. The molecule has 1 aromatic rings. The summed E-state index contributed by atoms with van der Waals surface area (Å²) in [4.78, 5) is 13.8. The Balaban J connectivity index is 0.00000162. The van der Waals surface area contributed by atoms with E-state index in [1.807, 2.05) is 29.2 Å². The number of likely N-dealkylation sites (tertiary alicyclic amines) is 1. The maximum atomic E-state index is 11.9. The zero-order chi connectivity index (χ0) is 12.3. The summed E-state index contributed by atoms with van der Waals surface area (Å²) >= 11 is 3.49. The van der Waals surface area contributed by atoms with Gasteiger partial charge in [-0.15, -0.1) is 12.4 Å². The lowest BCUT2D eigenvalue weighted by Gasteiger charge is -2.15. The molecule has 1 aliphatic rings. The van der Waals surface area contributed by atoms with Crippen LogP contribution in [0.25, 0.3) is 0 Å². The zero-order valence-corrected chi connectivity index (χ0v) is 12.5. The number of rotatable bonds is 3.